The van der Waals surface area contributed by atoms with Crippen LogP contribution < -0.4 is 0 Å². The summed E-state index contributed by atoms with van der Waals surface area (Å²) in [5.41, 5.74) is 6.12. The third-order valence-corrected chi connectivity index (χ3v) is 3.48. The van der Waals surface area contributed by atoms with Gasteiger partial charge in [0, 0.05) is 0 Å². The highest BCUT2D eigenvalue weighted by atomic mass is 14.1. The molecular formula is C20H16. The van der Waals surface area contributed by atoms with Gasteiger partial charge in [-0.05, 0) is 27.8 Å². The highest BCUT2D eigenvalue weighted by Crippen LogP contribution is 2.33. The SMILES string of the molecule is C=Cc1ccccc1-c1ccccc1-c1ccccc1. The Kier molecular flexibility index (Phi) is 3.47. The van der Waals surface area contributed by atoms with Gasteiger partial charge in [0.25, 0.3) is 0 Å². The van der Waals surface area contributed by atoms with E-state index in [0.29, 0.717) is 0 Å². The molecule has 0 aliphatic rings. The molecule has 0 aromatic heterocycles. The second kappa shape index (κ2) is 5.58. The fourth-order valence-corrected chi connectivity index (χ4v) is 2.51. The Morgan fingerprint density at radius 1 is 0.550 bits per heavy atom. The first-order valence-corrected chi connectivity index (χ1v) is 6.76. The molecule has 0 heterocycles. The minimum Gasteiger partial charge on any atom is -0.0984 e. The zero-order valence-electron chi connectivity index (χ0n) is 11.3. The average molecular weight is 256 g/mol. The molecule has 0 heteroatoms. The van der Waals surface area contributed by atoms with Gasteiger partial charge < -0.3 is 0 Å². The van der Waals surface area contributed by atoms with Gasteiger partial charge in [-0.2, -0.15) is 0 Å². The monoisotopic (exact) mass is 256 g/mol. The molecule has 0 unspecified atom stereocenters. The van der Waals surface area contributed by atoms with Crippen molar-refractivity contribution in [2.75, 3.05) is 0 Å². The quantitative estimate of drug-likeness (QED) is 0.567. The van der Waals surface area contributed by atoms with Crippen molar-refractivity contribution in [1.29, 1.82) is 0 Å². The molecule has 0 N–H and O–H groups in total. The largest absolute Gasteiger partial charge is 0.0984 e. The summed E-state index contributed by atoms with van der Waals surface area (Å²) in [6, 6.07) is 27.4. The van der Waals surface area contributed by atoms with Crippen LogP contribution in [0.5, 0.6) is 0 Å². The average Bonchev–Trinajstić information content (AvgIpc) is 2.55. The van der Waals surface area contributed by atoms with Crippen LogP contribution in [-0.4, -0.2) is 0 Å². The second-order valence-corrected chi connectivity index (χ2v) is 4.70. The van der Waals surface area contributed by atoms with Crippen LogP contribution in [0.1, 0.15) is 5.56 Å². The molecule has 0 spiro atoms. The van der Waals surface area contributed by atoms with Crippen molar-refractivity contribution < 1.29 is 0 Å². The van der Waals surface area contributed by atoms with Gasteiger partial charge in [0.1, 0.15) is 0 Å². The van der Waals surface area contributed by atoms with E-state index in [9.17, 15) is 0 Å². The van der Waals surface area contributed by atoms with Crippen LogP contribution in [0.15, 0.2) is 85.4 Å². The Morgan fingerprint density at radius 2 is 1.10 bits per heavy atom. The maximum Gasteiger partial charge on any atom is -0.00994 e. The summed E-state index contributed by atoms with van der Waals surface area (Å²) < 4.78 is 0. The van der Waals surface area contributed by atoms with Gasteiger partial charge in [0.15, 0.2) is 0 Å². The van der Waals surface area contributed by atoms with Crippen LogP contribution in [0.25, 0.3) is 28.3 Å². The molecule has 3 aromatic rings. The molecule has 0 aliphatic carbocycles. The van der Waals surface area contributed by atoms with Gasteiger partial charge in [-0.3, -0.25) is 0 Å². The molecule has 0 nitrogen and oxygen atoms in total. The van der Waals surface area contributed by atoms with Crippen molar-refractivity contribution in [3.8, 4) is 22.3 Å². The van der Waals surface area contributed by atoms with E-state index in [1.54, 1.807) is 0 Å². The lowest BCUT2D eigenvalue weighted by molar-refractivity contribution is 1.57. The van der Waals surface area contributed by atoms with E-state index in [1.807, 2.05) is 18.2 Å². The number of rotatable bonds is 3. The summed E-state index contributed by atoms with van der Waals surface area (Å²) in [6.45, 7) is 3.92. The van der Waals surface area contributed by atoms with Crippen LogP contribution >= 0.6 is 0 Å². The minimum atomic E-state index is 1.16. The molecule has 0 atom stereocenters. The Labute approximate surface area is 120 Å². The van der Waals surface area contributed by atoms with E-state index in [4.69, 9.17) is 0 Å². The summed E-state index contributed by atoms with van der Waals surface area (Å²) >= 11 is 0. The summed E-state index contributed by atoms with van der Waals surface area (Å²) in [5.74, 6) is 0. The molecule has 96 valence electrons. The van der Waals surface area contributed by atoms with Crippen molar-refractivity contribution in [3.05, 3.63) is 91.0 Å². The lowest BCUT2D eigenvalue weighted by Crippen LogP contribution is -1.87. The molecule has 20 heavy (non-hydrogen) atoms. The predicted octanol–water partition coefficient (Wildman–Crippen LogP) is 5.66. The molecule has 0 saturated carbocycles. The smallest absolute Gasteiger partial charge is 0.00994 e. The van der Waals surface area contributed by atoms with Gasteiger partial charge in [-0.1, -0.05) is 91.5 Å². The highest BCUT2D eigenvalue weighted by molar-refractivity contribution is 5.87. The van der Waals surface area contributed by atoms with Crippen molar-refractivity contribution in [1.82, 2.24) is 0 Å². The van der Waals surface area contributed by atoms with Crippen LogP contribution in [0.4, 0.5) is 0 Å². The zero-order chi connectivity index (χ0) is 13.8. The summed E-state index contributed by atoms with van der Waals surface area (Å²) in [5, 5.41) is 0. The Balaban J connectivity index is 2.23. The Bertz CT molecular complexity index is 724. The Hall–Kier alpha value is -2.60. The van der Waals surface area contributed by atoms with E-state index in [1.165, 1.54) is 22.3 Å². The van der Waals surface area contributed by atoms with Crippen LogP contribution in [0.2, 0.25) is 0 Å². The molecule has 3 rings (SSSR count). The van der Waals surface area contributed by atoms with Crippen molar-refractivity contribution in [2.24, 2.45) is 0 Å². The fourth-order valence-electron chi connectivity index (χ4n) is 2.51. The highest BCUT2D eigenvalue weighted by Gasteiger charge is 2.08. The van der Waals surface area contributed by atoms with Gasteiger partial charge in [0.05, 0.1) is 0 Å². The van der Waals surface area contributed by atoms with E-state index < -0.39 is 0 Å². The summed E-state index contributed by atoms with van der Waals surface area (Å²) in [6.07, 6.45) is 1.91. The predicted molar refractivity (Wildman–Crippen MR) is 87.4 cm³/mol. The third-order valence-electron chi connectivity index (χ3n) is 3.48. The number of hydrogen-bond donors (Lipinski definition) is 0. The van der Waals surface area contributed by atoms with Crippen LogP contribution in [0.3, 0.4) is 0 Å². The van der Waals surface area contributed by atoms with Crippen LogP contribution in [-0.2, 0) is 0 Å². The second-order valence-electron chi connectivity index (χ2n) is 4.70. The summed E-state index contributed by atoms with van der Waals surface area (Å²) in [4.78, 5) is 0. The standard InChI is InChI=1S/C20H16/c1-2-16-10-6-7-13-18(16)20-15-9-8-14-19(20)17-11-4-3-5-12-17/h2-15H,1H2. The Morgan fingerprint density at radius 3 is 1.80 bits per heavy atom. The zero-order valence-corrected chi connectivity index (χ0v) is 11.3. The number of hydrogen-bond acceptors (Lipinski definition) is 0. The molecule has 0 amide bonds. The van der Waals surface area contributed by atoms with Gasteiger partial charge in [-0.25, -0.2) is 0 Å². The maximum absolute atomic E-state index is 3.92. The lowest BCUT2D eigenvalue weighted by atomic mass is 9.92. The minimum absolute atomic E-state index is 1.16. The topological polar surface area (TPSA) is 0 Å². The molecule has 0 radical (unpaired) electrons. The molecule has 0 fully saturated rings. The first-order chi connectivity index (χ1) is 9.90. The van der Waals surface area contributed by atoms with Crippen molar-refractivity contribution in [2.45, 2.75) is 0 Å². The molecule has 0 aliphatic heterocycles. The third kappa shape index (κ3) is 2.28. The molecule has 3 aromatic carbocycles. The first kappa shape index (κ1) is 12.4. The van der Waals surface area contributed by atoms with E-state index in [2.05, 4.69) is 73.3 Å². The van der Waals surface area contributed by atoms with E-state index in [0.717, 1.165) is 5.56 Å². The van der Waals surface area contributed by atoms with Crippen molar-refractivity contribution in [3.63, 3.8) is 0 Å². The molecular weight excluding hydrogens is 240 g/mol. The molecule has 0 bridgehead atoms. The normalized spacial score (nSPS) is 10.2. The number of benzene rings is 3. The van der Waals surface area contributed by atoms with Gasteiger partial charge in [-0.15, -0.1) is 0 Å². The van der Waals surface area contributed by atoms with Gasteiger partial charge >= 0.3 is 0 Å². The van der Waals surface area contributed by atoms with Gasteiger partial charge in [0.2, 0.25) is 0 Å². The van der Waals surface area contributed by atoms with E-state index >= 15 is 0 Å². The van der Waals surface area contributed by atoms with E-state index in [-0.39, 0.29) is 0 Å². The maximum atomic E-state index is 3.92. The lowest BCUT2D eigenvalue weighted by Gasteiger charge is -2.12. The molecule has 0 saturated heterocycles. The first-order valence-electron chi connectivity index (χ1n) is 6.76. The fraction of sp³-hybridized carbons (Fsp3) is 0. The van der Waals surface area contributed by atoms with Crippen LogP contribution in [0, 0.1) is 0 Å². The summed E-state index contributed by atoms with van der Waals surface area (Å²) in [7, 11) is 0. The van der Waals surface area contributed by atoms with Crippen molar-refractivity contribution >= 4 is 6.08 Å².